The lowest BCUT2D eigenvalue weighted by Gasteiger charge is -2.29. The summed E-state index contributed by atoms with van der Waals surface area (Å²) in [7, 11) is 1.71. The van der Waals surface area contributed by atoms with E-state index < -0.39 is 17.2 Å². The van der Waals surface area contributed by atoms with Crippen LogP contribution in [0.15, 0.2) is 47.7 Å². The van der Waals surface area contributed by atoms with E-state index in [0.717, 1.165) is 12.1 Å². The number of ether oxygens (including phenoxy) is 1. The van der Waals surface area contributed by atoms with Crippen LogP contribution in [-0.2, 0) is 17.8 Å². The van der Waals surface area contributed by atoms with E-state index in [1.54, 1.807) is 7.05 Å². The van der Waals surface area contributed by atoms with Crippen LogP contribution in [0, 0.1) is 0 Å². The molecule has 0 aliphatic rings. The summed E-state index contributed by atoms with van der Waals surface area (Å²) in [5.74, 6) is 0.643. The molecule has 9 heteroatoms. The molecule has 172 valence electrons. The van der Waals surface area contributed by atoms with Gasteiger partial charge in [0.05, 0.1) is 18.3 Å². The molecular weight excluding hydrogens is 507 g/mol. The molecule has 0 radical (unpaired) electrons. The van der Waals surface area contributed by atoms with Crippen LogP contribution in [0.25, 0.3) is 0 Å². The number of hydrogen-bond acceptors (Lipinski definition) is 4. The van der Waals surface area contributed by atoms with E-state index >= 15 is 0 Å². The third kappa shape index (κ3) is 10.5. The van der Waals surface area contributed by atoms with Gasteiger partial charge >= 0.3 is 6.09 Å². The molecule has 0 fully saturated rings. The van der Waals surface area contributed by atoms with Crippen molar-refractivity contribution in [2.45, 2.75) is 58.8 Å². The number of halogens is 1. The summed E-state index contributed by atoms with van der Waals surface area (Å²) in [5, 5.41) is 13.8. The summed E-state index contributed by atoms with van der Waals surface area (Å²) in [6.07, 6.45) is 3.42. The summed E-state index contributed by atoms with van der Waals surface area (Å²) < 4.78 is 7.24. The minimum Gasteiger partial charge on any atom is -0.444 e. The summed E-state index contributed by atoms with van der Waals surface area (Å²) in [4.78, 5) is 16.3. The number of nitrogens with zero attached hydrogens (tertiary/aromatic N) is 3. The SMILES string of the molecule is CN=C(NCc1cnn(Cc2ccccc2)c1)NCC(C)(C)NC(=O)OC(C)(C)C.I. The zero-order chi connectivity index (χ0) is 22.2. The Morgan fingerprint density at radius 1 is 1.10 bits per heavy atom. The first-order valence-electron chi connectivity index (χ1n) is 10.1. The minimum absolute atomic E-state index is 0. The lowest BCUT2D eigenvalue weighted by Crippen LogP contribution is -2.54. The second kappa shape index (κ2) is 11.9. The number of carbonyl (C=O) groups is 1. The molecule has 1 aromatic carbocycles. The Morgan fingerprint density at radius 2 is 1.77 bits per heavy atom. The maximum atomic E-state index is 12.0. The monoisotopic (exact) mass is 542 g/mol. The van der Waals surface area contributed by atoms with Gasteiger partial charge in [-0.2, -0.15) is 5.10 Å². The Hall–Kier alpha value is -2.30. The zero-order valence-electron chi connectivity index (χ0n) is 19.2. The number of alkyl carbamates (subject to hydrolysis) is 1. The van der Waals surface area contributed by atoms with Gasteiger partial charge in [-0.05, 0) is 40.2 Å². The fourth-order valence-corrected chi connectivity index (χ4v) is 2.69. The van der Waals surface area contributed by atoms with Gasteiger partial charge in [0.15, 0.2) is 5.96 Å². The molecule has 1 aromatic heterocycles. The Bertz CT molecular complexity index is 843. The summed E-state index contributed by atoms with van der Waals surface area (Å²) in [6, 6.07) is 10.2. The third-order valence-corrected chi connectivity index (χ3v) is 4.09. The number of nitrogens with one attached hydrogen (secondary N) is 3. The zero-order valence-corrected chi connectivity index (χ0v) is 21.6. The molecule has 0 aliphatic heterocycles. The van der Waals surface area contributed by atoms with E-state index in [0.29, 0.717) is 19.0 Å². The molecule has 31 heavy (non-hydrogen) atoms. The van der Waals surface area contributed by atoms with E-state index in [1.165, 1.54) is 5.56 Å². The molecule has 0 aliphatic carbocycles. The lowest BCUT2D eigenvalue weighted by atomic mass is 10.1. The van der Waals surface area contributed by atoms with Crippen molar-refractivity contribution >= 4 is 36.0 Å². The van der Waals surface area contributed by atoms with Gasteiger partial charge in [-0.1, -0.05) is 30.3 Å². The second-order valence-corrected chi connectivity index (χ2v) is 8.82. The van der Waals surface area contributed by atoms with Gasteiger partial charge in [0.2, 0.25) is 0 Å². The third-order valence-electron chi connectivity index (χ3n) is 4.09. The molecule has 0 unspecified atom stereocenters. The van der Waals surface area contributed by atoms with Crippen molar-refractivity contribution in [2.24, 2.45) is 4.99 Å². The van der Waals surface area contributed by atoms with Gasteiger partial charge in [0.25, 0.3) is 0 Å². The average Bonchev–Trinajstić information content (AvgIpc) is 3.08. The number of hydrogen-bond donors (Lipinski definition) is 3. The van der Waals surface area contributed by atoms with Crippen LogP contribution in [0.5, 0.6) is 0 Å². The maximum absolute atomic E-state index is 12.0. The van der Waals surface area contributed by atoms with Gasteiger partial charge in [-0.3, -0.25) is 9.67 Å². The molecule has 0 atom stereocenters. The van der Waals surface area contributed by atoms with Crippen molar-refractivity contribution in [3.8, 4) is 0 Å². The van der Waals surface area contributed by atoms with Crippen LogP contribution in [0.3, 0.4) is 0 Å². The summed E-state index contributed by atoms with van der Waals surface area (Å²) in [5.41, 5.74) is 1.22. The topological polar surface area (TPSA) is 92.6 Å². The van der Waals surface area contributed by atoms with E-state index in [-0.39, 0.29) is 24.0 Å². The number of rotatable bonds is 7. The summed E-state index contributed by atoms with van der Waals surface area (Å²) >= 11 is 0. The van der Waals surface area contributed by atoms with E-state index in [1.807, 2.05) is 69.9 Å². The largest absolute Gasteiger partial charge is 0.444 e. The number of benzene rings is 1. The highest BCUT2D eigenvalue weighted by atomic mass is 127. The van der Waals surface area contributed by atoms with Crippen LogP contribution in [0.2, 0.25) is 0 Å². The molecule has 3 N–H and O–H groups in total. The highest BCUT2D eigenvalue weighted by Crippen LogP contribution is 2.09. The van der Waals surface area contributed by atoms with Crippen LogP contribution < -0.4 is 16.0 Å². The number of aromatic nitrogens is 2. The molecule has 8 nitrogen and oxygen atoms in total. The highest BCUT2D eigenvalue weighted by Gasteiger charge is 2.24. The minimum atomic E-state index is -0.532. The standard InChI is InChI=1S/C22H34N6O2.HI/c1-21(2,3)30-20(29)27-22(4,5)16-25-19(23-6)24-12-18-13-26-28(15-18)14-17-10-8-7-9-11-17;/h7-11,13,15H,12,14,16H2,1-6H3,(H,27,29)(H2,23,24,25);1H. The second-order valence-electron chi connectivity index (χ2n) is 8.82. The molecule has 2 rings (SSSR count). The molecule has 0 bridgehead atoms. The van der Waals surface area contributed by atoms with Crippen molar-refractivity contribution in [3.05, 3.63) is 53.9 Å². The van der Waals surface area contributed by atoms with Crippen molar-refractivity contribution < 1.29 is 9.53 Å². The van der Waals surface area contributed by atoms with Crippen molar-refractivity contribution in [1.29, 1.82) is 0 Å². The van der Waals surface area contributed by atoms with Crippen LogP contribution in [0.1, 0.15) is 45.7 Å². The first-order valence-corrected chi connectivity index (χ1v) is 10.1. The van der Waals surface area contributed by atoms with Gasteiger partial charge in [0, 0.05) is 31.9 Å². The maximum Gasteiger partial charge on any atom is 0.408 e. The Balaban J connectivity index is 0.00000480. The lowest BCUT2D eigenvalue weighted by molar-refractivity contribution is 0.0474. The quantitative estimate of drug-likeness (QED) is 0.283. The van der Waals surface area contributed by atoms with Crippen molar-refractivity contribution in [3.63, 3.8) is 0 Å². The molecule has 1 heterocycles. The molecule has 0 saturated carbocycles. The fraction of sp³-hybridized carbons (Fsp3) is 0.500. The van der Waals surface area contributed by atoms with Crippen molar-refractivity contribution in [1.82, 2.24) is 25.7 Å². The van der Waals surface area contributed by atoms with Crippen LogP contribution >= 0.6 is 24.0 Å². The predicted molar refractivity (Wildman–Crippen MR) is 135 cm³/mol. The van der Waals surface area contributed by atoms with E-state index in [2.05, 4.69) is 38.2 Å². The first-order chi connectivity index (χ1) is 14.1. The van der Waals surface area contributed by atoms with Gasteiger partial charge < -0.3 is 20.7 Å². The molecule has 2 aromatic rings. The normalized spacial score (nSPS) is 12.0. The number of amides is 1. The first kappa shape index (κ1) is 26.7. The van der Waals surface area contributed by atoms with Gasteiger partial charge in [-0.25, -0.2) is 4.79 Å². The smallest absolute Gasteiger partial charge is 0.408 e. The summed E-state index contributed by atoms with van der Waals surface area (Å²) in [6.45, 7) is 11.2. The van der Waals surface area contributed by atoms with Crippen LogP contribution in [-0.4, -0.2) is 46.6 Å². The molecular formula is C22H35IN6O2. The van der Waals surface area contributed by atoms with E-state index in [9.17, 15) is 4.79 Å². The molecule has 0 spiro atoms. The predicted octanol–water partition coefficient (Wildman–Crippen LogP) is 3.52. The Kier molecular flexibility index (Phi) is 10.3. The number of carbonyl (C=O) groups excluding carboxylic acids is 1. The number of guanidine groups is 1. The molecule has 1 amide bonds. The van der Waals surface area contributed by atoms with Gasteiger partial charge in [-0.15, -0.1) is 24.0 Å². The Labute approximate surface area is 202 Å². The van der Waals surface area contributed by atoms with Crippen LogP contribution in [0.4, 0.5) is 4.79 Å². The highest BCUT2D eigenvalue weighted by molar-refractivity contribution is 14.0. The molecule has 0 saturated heterocycles. The van der Waals surface area contributed by atoms with E-state index in [4.69, 9.17) is 4.74 Å². The van der Waals surface area contributed by atoms with Crippen molar-refractivity contribution in [2.75, 3.05) is 13.6 Å². The van der Waals surface area contributed by atoms with Gasteiger partial charge in [0.1, 0.15) is 5.60 Å². The Morgan fingerprint density at radius 3 is 2.39 bits per heavy atom. The fourth-order valence-electron chi connectivity index (χ4n) is 2.69. The average molecular weight is 542 g/mol. The number of aliphatic imine (C=N–C) groups is 1.